The lowest BCUT2D eigenvalue weighted by Gasteiger charge is -2.14. The predicted molar refractivity (Wildman–Crippen MR) is 132 cm³/mol. The molecule has 0 radical (unpaired) electrons. The molecule has 0 spiro atoms. The smallest absolute Gasteiger partial charge is 0.265 e. The van der Waals surface area contributed by atoms with Crippen molar-refractivity contribution in [3.8, 4) is 11.4 Å². The third-order valence-corrected chi connectivity index (χ3v) is 6.65. The predicted octanol–water partition coefficient (Wildman–Crippen LogP) is 4.90. The average Bonchev–Trinajstić information content (AvgIpc) is 3.27. The molecule has 0 saturated carbocycles. The third kappa shape index (κ3) is 5.05. The molecule has 0 atom stereocenters. The van der Waals surface area contributed by atoms with E-state index < -0.39 is 15.9 Å². The Bertz CT molecular complexity index is 1450. The molecule has 0 saturated heterocycles. The van der Waals surface area contributed by atoms with E-state index in [9.17, 15) is 13.2 Å². The summed E-state index contributed by atoms with van der Waals surface area (Å²) < 4.78 is 35.5. The van der Waals surface area contributed by atoms with Crippen molar-refractivity contribution < 1.29 is 17.9 Å². The Hall–Kier alpha value is -3.82. The first-order valence-electron chi connectivity index (χ1n) is 10.2. The van der Waals surface area contributed by atoms with Crippen LogP contribution in [0.5, 0.6) is 5.75 Å². The minimum Gasteiger partial charge on any atom is -0.495 e. The normalized spacial score (nSPS) is 11.1. The zero-order valence-electron chi connectivity index (χ0n) is 18.3. The second-order valence-electron chi connectivity index (χ2n) is 7.41. The number of para-hydroxylation sites is 1. The van der Waals surface area contributed by atoms with E-state index in [0.29, 0.717) is 5.56 Å². The lowest BCUT2D eigenvalue weighted by atomic mass is 10.2. The van der Waals surface area contributed by atoms with Crippen LogP contribution in [0, 0.1) is 6.92 Å². The van der Waals surface area contributed by atoms with Crippen LogP contribution in [0.1, 0.15) is 15.9 Å². The molecule has 1 aromatic heterocycles. The van der Waals surface area contributed by atoms with Crippen LogP contribution in [0.15, 0.2) is 84.0 Å². The van der Waals surface area contributed by atoms with E-state index in [1.165, 1.54) is 19.2 Å². The molecule has 174 valence electrons. The molecule has 10 heteroatoms. The molecule has 4 aromatic rings. The summed E-state index contributed by atoms with van der Waals surface area (Å²) in [6.07, 6.45) is 3.63. The Morgan fingerprint density at radius 2 is 1.79 bits per heavy atom. The molecule has 1 heterocycles. The highest BCUT2D eigenvalue weighted by atomic mass is 35.5. The molecular weight excluding hydrogens is 476 g/mol. The standard InChI is InChI=1S/C24H21ClN4O4S/c1-16-14-26-29(15-16)19-10-7-17(8-11-19)24(30)27-18-9-12-22(33-2)23(13-18)34(31,32)28-21-6-4-3-5-20(21)25/h3-15,28H,1-2H3,(H,27,30). The number of nitrogens with one attached hydrogen (secondary N) is 2. The van der Waals surface area contributed by atoms with Crippen LogP contribution in [-0.2, 0) is 10.0 Å². The van der Waals surface area contributed by atoms with Crippen molar-refractivity contribution in [3.63, 3.8) is 0 Å². The van der Waals surface area contributed by atoms with Gasteiger partial charge in [0.25, 0.3) is 15.9 Å². The molecule has 4 rings (SSSR count). The monoisotopic (exact) mass is 496 g/mol. The summed E-state index contributed by atoms with van der Waals surface area (Å²) in [6, 6.07) is 17.7. The van der Waals surface area contributed by atoms with Crippen LogP contribution in [0.25, 0.3) is 5.69 Å². The molecule has 0 bridgehead atoms. The Morgan fingerprint density at radius 3 is 2.44 bits per heavy atom. The maximum atomic E-state index is 13.0. The van der Waals surface area contributed by atoms with E-state index in [2.05, 4.69) is 15.1 Å². The molecule has 3 aromatic carbocycles. The van der Waals surface area contributed by atoms with Crippen molar-refractivity contribution in [2.75, 3.05) is 17.1 Å². The molecule has 0 aliphatic rings. The summed E-state index contributed by atoms with van der Waals surface area (Å²) in [5, 5.41) is 7.22. The van der Waals surface area contributed by atoms with Gasteiger partial charge in [0, 0.05) is 17.4 Å². The van der Waals surface area contributed by atoms with Gasteiger partial charge >= 0.3 is 0 Å². The second kappa shape index (κ2) is 9.58. The lowest BCUT2D eigenvalue weighted by Crippen LogP contribution is -2.16. The van der Waals surface area contributed by atoms with E-state index in [1.807, 2.05) is 13.1 Å². The Balaban J connectivity index is 1.56. The highest BCUT2D eigenvalue weighted by Gasteiger charge is 2.22. The van der Waals surface area contributed by atoms with Crippen molar-refractivity contribution in [1.82, 2.24) is 9.78 Å². The largest absolute Gasteiger partial charge is 0.495 e. The molecule has 34 heavy (non-hydrogen) atoms. The molecule has 8 nitrogen and oxygen atoms in total. The number of anilines is 2. The van der Waals surface area contributed by atoms with Crippen LogP contribution >= 0.6 is 11.6 Å². The van der Waals surface area contributed by atoms with Gasteiger partial charge in [-0.2, -0.15) is 5.10 Å². The summed E-state index contributed by atoms with van der Waals surface area (Å²) in [4.78, 5) is 12.6. The number of hydrogen-bond acceptors (Lipinski definition) is 5. The number of hydrogen-bond donors (Lipinski definition) is 2. The van der Waals surface area contributed by atoms with Crippen LogP contribution in [0.2, 0.25) is 5.02 Å². The number of sulfonamides is 1. The summed E-state index contributed by atoms with van der Waals surface area (Å²) >= 11 is 6.09. The zero-order chi connectivity index (χ0) is 24.3. The van der Waals surface area contributed by atoms with Crippen molar-refractivity contribution in [2.45, 2.75) is 11.8 Å². The van der Waals surface area contributed by atoms with Gasteiger partial charge in [0.1, 0.15) is 10.6 Å². The number of carbonyl (C=O) groups excluding carboxylic acids is 1. The summed E-state index contributed by atoms with van der Waals surface area (Å²) in [5.74, 6) is -0.271. The number of aromatic nitrogens is 2. The molecule has 0 fully saturated rings. The van der Waals surface area contributed by atoms with Crippen LogP contribution in [0.3, 0.4) is 0 Å². The van der Waals surface area contributed by atoms with Crippen LogP contribution in [-0.4, -0.2) is 31.2 Å². The van der Waals surface area contributed by atoms with E-state index >= 15 is 0 Å². The first-order chi connectivity index (χ1) is 16.3. The second-order valence-corrected chi connectivity index (χ2v) is 9.47. The zero-order valence-corrected chi connectivity index (χ0v) is 19.9. The SMILES string of the molecule is COc1ccc(NC(=O)c2ccc(-n3cc(C)cn3)cc2)cc1S(=O)(=O)Nc1ccccc1Cl. The van der Waals surface area contributed by atoms with Gasteiger partial charge in [-0.3, -0.25) is 9.52 Å². The fraction of sp³-hybridized carbons (Fsp3) is 0.0833. The van der Waals surface area contributed by atoms with Crippen molar-refractivity contribution in [3.05, 3.63) is 95.3 Å². The summed E-state index contributed by atoms with van der Waals surface area (Å²) in [6.45, 7) is 1.94. The van der Waals surface area contributed by atoms with Gasteiger partial charge in [-0.05, 0) is 67.1 Å². The molecular formula is C24H21ClN4O4S. The molecule has 0 aliphatic carbocycles. The first kappa shape index (κ1) is 23.3. The molecule has 0 unspecified atom stereocenters. The minimum atomic E-state index is -4.06. The third-order valence-electron chi connectivity index (χ3n) is 4.93. The number of ether oxygens (including phenoxy) is 1. The Labute approximate surface area is 202 Å². The maximum Gasteiger partial charge on any atom is 0.265 e. The Kier molecular flexibility index (Phi) is 6.58. The minimum absolute atomic E-state index is 0.122. The average molecular weight is 497 g/mol. The highest BCUT2D eigenvalue weighted by molar-refractivity contribution is 7.92. The van der Waals surface area contributed by atoms with Gasteiger partial charge in [0.15, 0.2) is 0 Å². The molecule has 0 aliphatic heterocycles. The van der Waals surface area contributed by atoms with Gasteiger partial charge in [0.2, 0.25) is 0 Å². The number of methoxy groups -OCH3 is 1. The number of aryl methyl sites for hydroxylation is 1. The number of halogens is 1. The Morgan fingerprint density at radius 1 is 1.06 bits per heavy atom. The van der Waals surface area contributed by atoms with E-state index in [1.54, 1.807) is 65.5 Å². The van der Waals surface area contributed by atoms with E-state index in [4.69, 9.17) is 16.3 Å². The van der Waals surface area contributed by atoms with Gasteiger partial charge in [0.05, 0.1) is 29.7 Å². The van der Waals surface area contributed by atoms with E-state index in [-0.39, 0.29) is 27.0 Å². The molecule has 2 N–H and O–H groups in total. The van der Waals surface area contributed by atoms with Crippen LogP contribution < -0.4 is 14.8 Å². The lowest BCUT2D eigenvalue weighted by molar-refractivity contribution is 0.102. The number of nitrogens with zero attached hydrogens (tertiary/aromatic N) is 2. The number of amides is 1. The van der Waals surface area contributed by atoms with Gasteiger partial charge in [-0.25, -0.2) is 13.1 Å². The maximum absolute atomic E-state index is 13.0. The molecule has 1 amide bonds. The van der Waals surface area contributed by atoms with Crippen molar-refractivity contribution in [1.29, 1.82) is 0 Å². The van der Waals surface area contributed by atoms with E-state index in [0.717, 1.165) is 11.3 Å². The quantitative estimate of drug-likeness (QED) is 0.379. The first-order valence-corrected chi connectivity index (χ1v) is 12.0. The van der Waals surface area contributed by atoms with Gasteiger partial charge in [-0.1, -0.05) is 23.7 Å². The summed E-state index contributed by atoms with van der Waals surface area (Å²) in [7, 11) is -2.69. The fourth-order valence-corrected chi connectivity index (χ4v) is 4.75. The number of carbonyl (C=O) groups is 1. The van der Waals surface area contributed by atoms with Crippen LogP contribution in [0.4, 0.5) is 11.4 Å². The van der Waals surface area contributed by atoms with Gasteiger partial charge < -0.3 is 10.1 Å². The summed E-state index contributed by atoms with van der Waals surface area (Å²) in [5.41, 5.74) is 2.76. The number of benzene rings is 3. The number of rotatable bonds is 7. The van der Waals surface area contributed by atoms with Gasteiger partial charge in [-0.15, -0.1) is 0 Å². The van der Waals surface area contributed by atoms with Crippen molar-refractivity contribution >= 4 is 38.9 Å². The topological polar surface area (TPSA) is 102 Å². The highest BCUT2D eigenvalue weighted by Crippen LogP contribution is 2.31. The fourth-order valence-electron chi connectivity index (χ4n) is 3.23. The van der Waals surface area contributed by atoms with Crippen molar-refractivity contribution in [2.24, 2.45) is 0 Å².